The smallest absolute Gasteiger partial charge is 0.419 e. The van der Waals surface area contributed by atoms with Crippen LogP contribution in [0.4, 0.5) is 4.79 Å². The summed E-state index contributed by atoms with van der Waals surface area (Å²) < 4.78 is 22.9. The Morgan fingerprint density at radius 3 is 2.52 bits per heavy atom. The van der Waals surface area contributed by atoms with Crippen molar-refractivity contribution < 1.29 is 28.5 Å². The highest BCUT2D eigenvalue weighted by molar-refractivity contribution is 5.93. The summed E-state index contributed by atoms with van der Waals surface area (Å²) in [6.07, 6.45) is 1.38. The highest BCUT2D eigenvalue weighted by atomic mass is 16.7. The molecule has 2 heterocycles. The number of aromatic nitrogens is 1. The van der Waals surface area contributed by atoms with Crippen LogP contribution in [0.25, 0.3) is 15.7 Å². The maximum absolute atomic E-state index is 12.8. The van der Waals surface area contributed by atoms with Crippen LogP contribution < -0.4 is 0 Å². The van der Waals surface area contributed by atoms with Crippen molar-refractivity contribution in [2.24, 2.45) is 0 Å². The molecule has 1 saturated heterocycles. The summed E-state index contributed by atoms with van der Waals surface area (Å²) in [7, 11) is 1.27. The third-order valence-corrected chi connectivity index (χ3v) is 5.13. The predicted octanol–water partition coefficient (Wildman–Crippen LogP) is 3.95. The van der Waals surface area contributed by atoms with Crippen LogP contribution in [-0.2, 0) is 30.2 Å². The minimum absolute atomic E-state index is 0.0895. The lowest BCUT2D eigenvalue weighted by molar-refractivity contribution is -0.146. The first kappa shape index (κ1) is 22.8. The largest absolute Gasteiger partial charge is 0.463 e. The van der Waals surface area contributed by atoms with E-state index in [1.165, 1.54) is 11.7 Å². The number of rotatable bonds is 6. The first-order chi connectivity index (χ1) is 14.7. The van der Waals surface area contributed by atoms with Crippen LogP contribution in [0.5, 0.6) is 0 Å². The van der Waals surface area contributed by atoms with E-state index in [2.05, 4.69) is 4.85 Å². The number of hydrogen-bond donors (Lipinski definition) is 0. The molecule has 1 aliphatic rings. The third kappa shape index (κ3) is 5.06. The molecule has 166 valence electrons. The Morgan fingerprint density at radius 2 is 1.90 bits per heavy atom. The summed E-state index contributed by atoms with van der Waals surface area (Å²) in [6, 6.07) is 7.34. The van der Waals surface area contributed by atoms with Crippen LogP contribution in [0.3, 0.4) is 0 Å². The second-order valence-electron chi connectivity index (χ2n) is 8.54. The Morgan fingerprint density at radius 1 is 1.23 bits per heavy atom. The number of ether oxygens (including phenoxy) is 4. The van der Waals surface area contributed by atoms with Gasteiger partial charge in [-0.3, -0.25) is 9.41 Å². The number of para-hydroxylation sites is 1. The quantitative estimate of drug-likeness (QED) is 0.512. The van der Waals surface area contributed by atoms with E-state index in [1.807, 2.05) is 18.2 Å². The van der Waals surface area contributed by atoms with Gasteiger partial charge in [0.2, 0.25) is 0 Å². The molecule has 0 N–H and O–H groups in total. The Hall–Kier alpha value is -2.89. The van der Waals surface area contributed by atoms with Crippen molar-refractivity contribution in [3.63, 3.8) is 0 Å². The zero-order chi connectivity index (χ0) is 22.6. The number of esters is 1. The number of methoxy groups -OCH3 is 1. The first-order valence-electron chi connectivity index (χ1n) is 10.2. The van der Waals surface area contributed by atoms with Gasteiger partial charge in [-0.15, -0.1) is 0 Å². The Balaban J connectivity index is 1.97. The molecular weight excluding hydrogens is 400 g/mol. The molecule has 3 rings (SSSR count). The zero-order valence-corrected chi connectivity index (χ0v) is 18.3. The lowest BCUT2D eigenvalue weighted by Gasteiger charge is -2.21. The number of carbonyl (C=O) groups excluding carboxylic acids is 2. The lowest BCUT2D eigenvalue weighted by Crippen LogP contribution is -2.39. The summed E-state index contributed by atoms with van der Waals surface area (Å²) in [6.45, 7) is 14.2. The van der Waals surface area contributed by atoms with Gasteiger partial charge < -0.3 is 18.9 Å². The molecule has 0 amide bonds. The highest BCUT2D eigenvalue weighted by Crippen LogP contribution is 2.32. The van der Waals surface area contributed by atoms with E-state index in [0.29, 0.717) is 30.7 Å². The minimum Gasteiger partial charge on any atom is -0.463 e. The average molecular weight is 428 g/mol. The Kier molecular flexibility index (Phi) is 6.68. The minimum atomic E-state index is -1.45. The molecule has 2 aromatic rings. The molecule has 1 fully saturated rings. The second-order valence-corrected chi connectivity index (χ2v) is 8.54. The third-order valence-electron chi connectivity index (χ3n) is 5.13. The van der Waals surface area contributed by atoms with E-state index in [4.69, 9.17) is 25.5 Å². The molecular formula is C23H28N2O6. The zero-order valence-electron chi connectivity index (χ0n) is 18.3. The first-order valence-corrected chi connectivity index (χ1v) is 10.2. The van der Waals surface area contributed by atoms with Crippen LogP contribution in [0.2, 0.25) is 0 Å². The highest BCUT2D eigenvalue weighted by Gasteiger charge is 2.48. The van der Waals surface area contributed by atoms with Gasteiger partial charge in [-0.25, -0.2) is 16.2 Å². The van der Waals surface area contributed by atoms with Crippen LogP contribution in [-0.4, -0.2) is 54.4 Å². The van der Waals surface area contributed by atoms with Gasteiger partial charge in [0.1, 0.15) is 5.60 Å². The van der Waals surface area contributed by atoms with E-state index in [9.17, 15) is 9.59 Å². The van der Waals surface area contributed by atoms with Gasteiger partial charge in [-0.05, 0) is 32.4 Å². The molecule has 1 atom stereocenters. The molecule has 8 nitrogen and oxygen atoms in total. The summed E-state index contributed by atoms with van der Waals surface area (Å²) in [5, 5.41) is 0.777. The lowest BCUT2D eigenvalue weighted by atomic mass is 9.86. The topological polar surface area (TPSA) is 80.4 Å². The number of nitrogens with zero attached hydrogens (tertiary/aromatic N) is 2. The molecule has 0 saturated carbocycles. The number of hydrogen-bond acceptors (Lipinski definition) is 6. The second kappa shape index (κ2) is 9.08. The number of carbonyl (C=O) groups is 2. The predicted molar refractivity (Wildman–Crippen MR) is 114 cm³/mol. The SMILES string of the molecule is [C-]#[N+]C(CCC1OCCO1)(Cc1cn(C(=O)OC(C)(C)C)c2ccccc12)C(=O)OC. The monoisotopic (exact) mass is 428 g/mol. The van der Waals surface area contributed by atoms with Gasteiger partial charge in [-0.2, -0.15) is 0 Å². The number of fused-ring (bicyclic) bond motifs is 1. The molecule has 1 aromatic carbocycles. The standard InChI is InChI=1S/C23H28N2O6/c1-22(2,3)31-21(27)25-15-16(17-8-6-7-9-18(17)25)14-23(24-4,20(26)28-5)11-10-19-29-12-13-30-19/h6-9,15,19H,10-14H2,1-3,5H3. The average Bonchev–Trinajstić information content (AvgIpc) is 3.37. The van der Waals surface area contributed by atoms with Crippen molar-refractivity contribution in [1.82, 2.24) is 4.57 Å². The normalized spacial score (nSPS) is 16.6. The van der Waals surface area contributed by atoms with Crippen molar-refractivity contribution in [3.05, 3.63) is 47.4 Å². The summed E-state index contributed by atoms with van der Waals surface area (Å²) >= 11 is 0. The van der Waals surface area contributed by atoms with Gasteiger partial charge in [0.15, 0.2) is 6.29 Å². The van der Waals surface area contributed by atoms with Crippen LogP contribution >= 0.6 is 0 Å². The van der Waals surface area contributed by atoms with Gasteiger partial charge >= 0.3 is 17.6 Å². The summed E-state index contributed by atoms with van der Waals surface area (Å²) in [5.41, 5.74) is -0.766. The molecule has 1 aromatic heterocycles. The van der Waals surface area contributed by atoms with Crippen molar-refractivity contribution >= 4 is 23.0 Å². The van der Waals surface area contributed by atoms with E-state index < -0.39 is 29.5 Å². The van der Waals surface area contributed by atoms with Crippen LogP contribution in [0.15, 0.2) is 30.5 Å². The van der Waals surface area contributed by atoms with Gasteiger partial charge in [0, 0.05) is 24.4 Å². The maximum atomic E-state index is 12.8. The van der Waals surface area contributed by atoms with E-state index in [1.54, 1.807) is 33.0 Å². The molecule has 0 radical (unpaired) electrons. The molecule has 0 spiro atoms. The fraction of sp³-hybridized carbons (Fsp3) is 0.522. The van der Waals surface area contributed by atoms with E-state index in [-0.39, 0.29) is 12.8 Å². The van der Waals surface area contributed by atoms with Crippen molar-refractivity contribution in [1.29, 1.82) is 0 Å². The van der Waals surface area contributed by atoms with Crippen LogP contribution in [0, 0.1) is 6.57 Å². The molecule has 31 heavy (non-hydrogen) atoms. The summed E-state index contributed by atoms with van der Waals surface area (Å²) in [4.78, 5) is 29.2. The molecule has 0 bridgehead atoms. The van der Waals surface area contributed by atoms with Crippen molar-refractivity contribution in [3.8, 4) is 0 Å². The Bertz CT molecular complexity index is 994. The van der Waals surface area contributed by atoms with E-state index in [0.717, 1.165) is 5.39 Å². The molecule has 8 heteroatoms. The van der Waals surface area contributed by atoms with Crippen LogP contribution in [0.1, 0.15) is 39.2 Å². The molecule has 1 aliphatic heterocycles. The maximum Gasteiger partial charge on any atom is 0.419 e. The Labute approximate surface area is 181 Å². The molecule has 0 aliphatic carbocycles. The molecule has 1 unspecified atom stereocenters. The van der Waals surface area contributed by atoms with Gasteiger partial charge in [0.25, 0.3) is 0 Å². The van der Waals surface area contributed by atoms with Crippen molar-refractivity contribution in [2.75, 3.05) is 20.3 Å². The van der Waals surface area contributed by atoms with Gasteiger partial charge in [-0.1, -0.05) is 18.2 Å². The van der Waals surface area contributed by atoms with Crippen molar-refractivity contribution in [2.45, 2.75) is 57.5 Å². The summed E-state index contributed by atoms with van der Waals surface area (Å²) in [5.74, 6) is -0.616. The number of benzene rings is 1. The fourth-order valence-electron chi connectivity index (χ4n) is 3.69. The van der Waals surface area contributed by atoms with Gasteiger partial charge in [0.05, 0.1) is 32.3 Å². The van der Waals surface area contributed by atoms with E-state index >= 15 is 0 Å². The fourth-order valence-corrected chi connectivity index (χ4v) is 3.69.